The molecule has 0 spiro atoms. The highest BCUT2D eigenvalue weighted by atomic mass is 15.1. The molecule has 8 nitrogen and oxygen atoms in total. The lowest BCUT2D eigenvalue weighted by atomic mass is 10.1. The molecule has 34 heavy (non-hydrogen) atoms. The van der Waals surface area contributed by atoms with Gasteiger partial charge in [-0.1, -0.05) is 0 Å². The minimum atomic E-state index is 0.815. The van der Waals surface area contributed by atoms with Crippen LogP contribution in [-0.4, -0.2) is 62.2 Å². The summed E-state index contributed by atoms with van der Waals surface area (Å²) < 4.78 is 0. The van der Waals surface area contributed by atoms with Gasteiger partial charge in [-0.3, -0.25) is 15.1 Å². The monoisotopic (exact) mass is 452 g/mol. The number of anilines is 1. The molecule has 6 rings (SSSR count). The molecule has 1 saturated heterocycles. The van der Waals surface area contributed by atoms with Gasteiger partial charge >= 0.3 is 0 Å². The van der Waals surface area contributed by atoms with Gasteiger partial charge in [0.1, 0.15) is 11.2 Å². The van der Waals surface area contributed by atoms with Crippen LogP contribution >= 0.6 is 0 Å². The summed E-state index contributed by atoms with van der Waals surface area (Å²) in [5.41, 5.74) is 8.76. The maximum atomic E-state index is 4.99. The van der Waals surface area contributed by atoms with E-state index in [1.807, 2.05) is 36.9 Å². The van der Waals surface area contributed by atoms with Gasteiger partial charge in [-0.15, -0.1) is 0 Å². The van der Waals surface area contributed by atoms with Crippen LogP contribution in [0, 0.1) is 0 Å². The first kappa shape index (κ1) is 20.8. The maximum absolute atomic E-state index is 4.99. The van der Waals surface area contributed by atoms with E-state index in [2.05, 4.69) is 61.2 Å². The lowest BCUT2D eigenvalue weighted by Gasteiger charge is -2.28. The van der Waals surface area contributed by atoms with Crippen LogP contribution in [0.25, 0.3) is 44.6 Å². The first-order valence-corrected chi connectivity index (χ1v) is 11.8. The fraction of sp³-hybridized carbons (Fsp3) is 0.308. The molecule has 0 aliphatic carbocycles. The largest absolute Gasteiger partial charge is 0.370 e. The molecule has 1 aliphatic rings. The fourth-order valence-corrected chi connectivity index (χ4v) is 4.88. The van der Waals surface area contributed by atoms with Crippen LogP contribution in [0.5, 0.6) is 0 Å². The number of hydrogen-bond acceptors (Lipinski definition) is 6. The quantitative estimate of drug-likeness (QED) is 0.405. The van der Waals surface area contributed by atoms with Crippen molar-refractivity contribution >= 4 is 27.6 Å². The van der Waals surface area contributed by atoms with Gasteiger partial charge in [-0.2, -0.15) is 5.10 Å². The molecule has 5 aromatic heterocycles. The van der Waals surface area contributed by atoms with Crippen molar-refractivity contribution in [2.75, 3.05) is 32.1 Å². The Morgan fingerprint density at radius 2 is 1.79 bits per heavy atom. The Labute approximate surface area is 198 Å². The predicted octanol–water partition coefficient (Wildman–Crippen LogP) is 4.62. The third kappa shape index (κ3) is 3.80. The first-order valence-electron chi connectivity index (χ1n) is 11.8. The van der Waals surface area contributed by atoms with Gasteiger partial charge in [-0.25, -0.2) is 4.98 Å². The summed E-state index contributed by atoms with van der Waals surface area (Å²) in [6, 6.07) is 8.39. The van der Waals surface area contributed by atoms with Crippen molar-refractivity contribution in [3.05, 3.63) is 54.6 Å². The SMILES string of the molecule is CN(C)Cc1cncc(-c2ccc3[nH]nc(-c4cc5c(N6CCCCC6)cncc5[nH]4)c3n2)c1. The number of rotatable bonds is 5. The Balaban J connectivity index is 1.41. The van der Waals surface area contributed by atoms with E-state index in [0.29, 0.717) is 0 Å². The summed E-state index contributed by atoms with van der Waals surface area (Å²) >= 11 is 0. The molecule has 0 amide bonds. The number of piperidine rings is 1. The van der Waals surface area contributed by atoms with Crippen molar-refractivity contribution in [3.8, 4) is 22.6 Å². The Morgan fingerprint density at radius 3 is 2.65 bits per heavy atom. The highest BCUT2D eigenvalue weighted by Crippen LogP contribution is 2.34. The summed E-state index contributed by atoms with van der Waals surface area (Å²) in [6.45, 7) is 3.00. The third-order valence-electron chi connectivity index (χ3n) is 6.47. The van der Waals surface area contributed by atoms with Crippen LogP contribution in [0.4, 0.5) is 5.69 Å². The van der Waals surface area contributed by atoms with Crippen LogP contribution < -0.4 is 4.90 Å². The molecule has 1 fully saturated rings. The fourth-order valence-electron chi connectivity index (χ4n) is 4.88. The van der Waals surface area contributed by atoms with E-state index >= 15 is 0 Å². The van der Waals surface area contributed by atoms with Crippen molar-refractivity contribution in [2.24, 2.45) is 0 Å². The van der Waals surface area contributed by atoms with E-state index in [-0.39, 0.29) is 0 Å². The number of aromatic nitrogens is 6. The highest BCUT2D eigenvalue weighted by molar-refractivity contribution is 5.98. The average molecular weight is 453 g/mol. The lowest BCUT2D eigenvalue weighted by Crippen LogP contribution is -2.29. The second-order valence-electron chi connectivity index (χ2n) is 9.34. The molecule has 1 aliphatic heterocycles. The summed E-state index contributed by atoms with van der Waals surface area (Å²) in [6.07, 6.45) is 11.4. The number of aromatic amines is 2. The van der Waals surface area contributed by atoms with Gasteiger partial charge in [0.05, 0.1) is 40.5 Å². The van der Waals surface area contributed by atoms with E-state index in [1.165, 1.54) is 30.3 Å². The van der Waals surface area contributed by atoms with Crippen LogP contribution in [0.3, 0.4) is 0 Å². The zero-order valence-electron chi connectivity index (χ0n) is 19.5. The smallest absolute Gasteiger partial charge is 0.135 e. The molecule has 0 atom stereocenters. The zero-order chi connectivity index (χ0) is 23.1. The van der Waals surface area contributed by atoms with Crippen molar-refractivity contribution < 1.29 is 0 Å². The Bertz CT molecular complexity index is 1460. The molecule has 2 N–H and O–H groups in total. The van der Waals surface area contributed by atoms with Gasteiger partial charge in [-0.05, 0) is 63.2 Å². The van der Waals surface area contributed by atoms with E-state index in [4.69, 9.17) is 4.98 Å². The van der Waals surface area contributed by atoms with E-state index in [1.54, 1.807) is 0 Å². The standard InChI is InChI=1S/C26H28N8/c1-33(2)16-17-10-18(13-27-12-17)20-6-7-21-25(30-20)26(32-31-21)22-11-19-23(29-22)14-28-15-24(19)34-8-4-3-5-9-34/h6-7,10-15,29H,3-5,8-9,16H2,1-2H3,(H,31,32). The van der Waals surface area contributed by atoms with Crippen LogP contribution in [0.2, 0.25) is 0 Å². The van der Waals surface area contributed by atoms with Gasteiger partial charge in [0.15, 0.2) is 0 Å². The van der Waals surface area contributed by atoms with Crippen molar-refractivity contribution in [1.82, 2.24) is 35.0 Å². The lowest BCUT2D eigenvalue weighted by molar-refractivity contribution is 0.402. The number of nitrogens with one attached hydrogen (secondary N) is 2. The van der Waals surface area contributed by atoms with E-state index in [9.17, 15) is 0 Å². The van der Waals surface area contributed by atoms with Crippen LogP contribution in [-0.2, 0) is 6.54 Å². The first-order chi connectivity index (χ1) is 16.7. The number of fused-ring (bicyclic) bond motifs is 2. The summed E-state index contributed by atoms with van der Waals surface area (Å²) in [4.78, 5) is 22.0. The van der Waals surface area contributed by atoms with Gasteiger partial charge in [0.25, 0.3) is 0 Å². The number of nitrogens with zero attached hydrogens (tertiary/aromatic N) is 6. The number of hydrogen-bond donors (Lipinski definition) is 2. The summed E-state index contributed by atoms with van der Waals surface area (Å²) in [5, 5.41) is 8.94. The molecular formula is C26H28N8. The minimum Gasteiger partial charge on any atom is -0.370 e. The molecule has 0 aromatic carbocycles. The average Bonchev–Trinajstić information content (AvgIpc) is 3.48. The number of H-pyrrole nitrogens is 2. The van der Waals surface area contributed by atoms with Gasteiger partial charge < -0.3 is 14.8 Å². The third-order valence-corrected chi connectivity index (χ3v) is 6.47. The molecule has 6 heterocycles. The van der Waals surface area contributed by atoms with E-state index < -0.39 is 0 Å². The molecular weight excluding hydrogens is 424 g/mol. The molecule has 0 radical (unpaired) electrons. The molecule has 0 unspecified atom stereocenters. The van der Waals surface area contributed by atoms with Crippen LogP contribution in [0.15, 0.2) is 49.1 Å². The maximum Gasteiger partial charge on any atom is 0.135 e. The second kappa shape index (κ2) is 8.53. The van der Waals surface area contributed by atoms with Crippen molar-refractivity contribution in [2.45, 2.75) is 25.8 Å². The molecule has 0 saturated carbocycles. The minimum absolute atomic E-state index is 0.815. The van der Waals surface area contributed by atoms with Crippen molar-refractivity contribution in [3.63, 3.8) is 0 Å². The molecule has 0 bridgehead atoms. The molecule has 5 aromatic rings. The predicted molar refractivity (Wildman–Crippen MR) is 136 cm³/mol. The van der Waals surface area contributed by atoms with Crippen molar-refractivity contribution in [1.29, 1.82) is 0 Å². The Morgan fingerprint density at radius 1 is 0.941 bits per heavy atom. The van der Waals surface area contributed by atoms with Gasteiger partial charge in [0, 0.05) is 43.0 Å². The van der Waals surface area contributed by atoms with Crippen LogP contribution in [0.1, 0.15) is 24.8 Å². The Kier molecular flexibility index (Phi) is 5.22. The Hall–Kier alpha value is -3.78. The number of pyridine rings is 3. The highest BCUT2D eigenvalue weighted by Gasteiger charge is 2.18. The topological polar surface area (TPSA) is 89.6 Å². The van der Waals surface area contributed by atoms with E-state index in [0.717, 1.165) is 64.4 Å². The second-order valence-corrected chi connectivity index (χ2v) is 9.34. The van der Waals surface area contributed by atoms with Gasteiger partial charge in [0.2, 0.25) is 0 Å². The summed E-state index contributed by atoms with van der Waals surface area (Å²) in [5.74, 6) is 0. The normalized spacial score (nSPS) is 14.5. The molecule has 8 heteroatoms. The zero-order valence-corrected chi connectivity index (χ0v) is 19.5. The summed E-state index contributed by atoms with van der Waals surface area (Å²) in [7, 11) is 4.11. The molecule has 172 valence electrons.